The molecule has 3 nitrogen and oxygen atoms in total. The van der Waals surface area contributed by atoms with E-state index >= 15 is 0 Å². The second-order valence-electron chi connectivity index (χ2n) is 5.95. The van der Waals surface area contributed by atoms with Crippen LogP contribution in [0, 0.1) is 6.92 Å². The highest BCUT2D eigenvalue weighted by Gasteiger charge is 2.28. The molecule has 0 spiro atoms. The molecular formula is C18H20O3. The molecule has 0 aromatic heterocycles. The maximum absolute atomic E-state index is 9.95. The fourth-order valence-corrected chi connectivity index (χ4v) is 2.79. The maximum atomic E-state index is 9.95. The highest BCUT2D eigenvalue weighted by Crippen LogP contribution is 2.37. The minimum absolute atomic E-state index is 0.0839. The Hall–Kier alpha value is -2.00. The Labute approximate surface area is 125 Å². The number of aliphatic hydroxyl groups excluding tert-OH is 1. The van der Waals surface area contributed by atoms with E-state index in [9.17, 15) is 5.11 Å². The van der Waals surface area contributed by atoms with Gasteiger partial charge in [-0.3, -0.25) is 0 Å². The Balaban J connectivity index is 1.92. The van der Waals surface area contributed by atoms with Crippen LogP contribution >= 0.6 is 0 Å². The van der Waals surface area contributed by atoms with Gasteiger partial charge in [-0.15, -0.1) is 0 Å². The van der Waals surface area contributed by atoms with Crippen molar-refractivity contribution < 1.29 is 14.6 Å². The normalized spacial score (nSPS) is 15.8. The first-order valence-corrected chi connectivity index (χ1v) is 7.17. The molecule has 2 aromatic carbocycles. The Morgan fingerprint density at radius 2 is 1.90 bits per heavy atom. The van der Waals surface area contributed by atoms with Crippen LogP contribution in [0.2, 0.25) is 0 Å². The summed E-state index contributed by atoms with van der Waals surface area (Å²) in [5.41, 5.74) is 3.19. The lowest BCUT2D eigenvalue weighted by Crippen LogP contribution is -2.29. The van der Waals surface area contributed by atoms with Crippen molar-refractivity contribution in [2.45, 2.75) is 25.7 Å². The second-order valence-corrected chi connectivity index (χ2v) is 5.95. The third-order valence-corrected chi connectivity index (χ3v) is 4.10. The van der Waals surface area contributed by atoms with Gasteiger partial charge in [-0.25, -0.2) is 0 Å². The van der Waals surface area contributed by atoms with Crippen LogP contribution in [0.25, 0.3) is 0 Å². The molecule has 2 aromatic rings. The Morgan fingerprint density at radius 1 is 1.10 bits per heavy atom. The number of benzene rings is 2. The van der Waals surface area contributed by atoms with Crippen molar-refractivity contribution in [2.75, 3.05) is 13.4 Å². The number of hydrogen-bond acceptors (Lipinski definition) is 3. The molecule has 3 heteroatoms. The number of hydrogen-bond donors (Lipinski definition) is 1. The summed E-state index contributed by atoms with van der Waals surface area (Å²) >= 11 is 0. The average Bonchev–Trinajstić information content (AvgIpc) is 2.94. The highest BCUT2D eigenvalue weighted by atomic mass is 16.7. The van der Waals surface area contributed by atoms with Gasteiger partial charge < -0.3 is 14.6 Å². The lowest BCUT2D eigenvalue weighted by atomic mass is 9.77. The molecule has 1 N–H and O–H groups in total. The van der Waals surface area contributed by atoms with Gasteiger partial charge in [0.25, 0.3) is 0 Å². The van der Waals surface area contributed by atoms with E-state index in [0.29, 0.717) is 0 Å². The lowest BCUT2D eigenvalue weighted by Gasteiger charge is -2.28. The Morgan fingerprint density at radius 3 is 2.67 bits per heavy atom. The van der Waals surface area contributed by atoms with E-state index in [2.05, 4.69) is 38.1 Å². The van der Waals surface area contributed by atoms with E-state index in [-0.39, 0.29) is 18.8 Å². The summed E-state index contributed by atoms with van der Waals surface area (Å²) in [7, 11) is 0. The minimum atomic E-state index is -0.339. The van der Waals surface area contributed by atoms with Gasteiger partial charge in [0.15, 0.2) is 11.5 Å². The van der Waals surface area contributed by atoms with E-state index in [1.165, 1.54) is 11.1 Å². The van der Waals surface area contributed by atoms with Gasteiger partial charge in [0.05, 0.1) is 6.61 Å². The molecule has 0 saturated carbocycles. The monoisotopic (exact) mass is 284 g/mol. The largest absolute Gasteiger partial charge is 0.454 e. The minimum Gasteiger partial charge on any atom is -0.454 e. The van der Waals surface area contributed by atoms with Crippen LogP contribution in [0.15, 0.2) is 42.5 Å². The van der Waals surface area contributed by atoms with Gasteiger partial charge in [0.2, 0.25) is 6.79 Å². The van der Waals surface area contributed by atoms with Crippen molar-refractivity contribution in [1.29, 1.82) is 0 Å². The molecule has 110 valence electrons. The average molecular weight is 284 g/mol. The first-order chi connectivity index (χ1) is 10.1. The third kappa shape index (κ3) is 2.74. The number of ether oxygens (including phenoxy) is 2. The smallest absolute Gasteiger partial charge is 0.231 e. The lowest BCUT2D eigenvalue weighted by molar-refractivity contribution is 0.173. The zero-order valence-corrected chi connectivity index (χ0v) is 12.4. The van der Waals surface area contributed by atoms with E-state index in [1.54, 1.807) is 0 Å². The molecule has 1 aliphatic rings. The van der Waals surface area contributed by atoms with Gasteiger partial charge in [-0.05, 0) is 36.6 Å². The van der Waals surface area contributed by atoms with Crippen LogP contribution in [0.1, 0.15) is 23.6 Å². The second kappa shape index (κ2) is 5.41. The molecule has 0 aliphatic carbocycles. The zero-order chi connectivity index (χ0) is 14.9. The number of rotatable bonds is 4. The van der Waals surface area contributed by atoms with Gasteiger partial charge >= 0.3 is 0 Å². The SMILES string of the molecule is Cc1cccc(CC(C)(CO)c2ccc3c(c2)OCO3)c1. The molecule has 3 rings (SSSR count). The molecule has 1 heterocycles. The first-order valence-electron chi connectivity index (χ1n) is 7.17. The van der Waals surface area contributed by atoms with Crippen LogP contribution in [0.4, 0.5) is 0 Å². The van der Waals surface area contributed by atoms with Crippen LogP contribution in [-0.2, 0) is 11.8 Å². The van der Waals surface area contributed by atoms with Gasteiger partial charge in [-0.1, -0.05) is 42.8 Å². The van der Waals surface area contributed by atoms with Gasteiger partial charge in [-0.2, -0.15) is 0 Å². The van der Waals surface area contributed by atoms with Crippen LogP contribution < -0.4 is 9.47 Å². The summed E-state index contributed by atoms with van der Waals surface area (Å²) in [4.78, 5) is 0. The molecule has 0 amide bonds. The van der Waals surface area contributed by atoms with Crippen molar-refractivity contribution in [3.8, 4) is 11.5 Å². The van der Waals surface area contributed by atoms with Crippen molar-refractivity contribution in [2.24, 2.45) is 0 Å². The Bertz CT molecular complexity index is 651. The third-order valence-electron chi connectivity index (χ3n) is 4.10. The van der Waals surface area contributed by atoms with E-state index in [1.807, 2.05) is 18.2 Å². The van der Waals surface area contributed by atoms with E-state index in [4.69, 9.17) is 9.47 Å². The summed E-state index contributed by atoms with van der Waals surface area (Å²) in [6.45, 7) is 4.51. The van der Waals surface area contributed by atoms with Gasteiger partial charge in [0.1, 0.15) is 0 Å². The predicted octanol–water partition coefficient (Wildman–Crippen LogP) is 3.22. The number of aliphatic hydroxyl groups is 1. The van der Waals surface area contributed by atoms with Gasteiger partial charge in [0, 0.05) is 5.41 Å². The Kier molecular flexibility index (Phi) is 3.60. The summed E-state index contributed by atoms with van der Waals surface area (Å²) in [5.74, 6) is 1.53. The molecular weight excluding hydrogens is 264 g/mol. The first kappa shape index (κ1) is 14.0. The highest BCUT2D eigenvalue weighted by molar-refractivity contribution is 5.47. The fraction of sp³-hybridized carbons (Fsp3) is 0.333. The van der Waals surface area contributed by atoms with E-state index < -0.39 is 0 Å². The molecule has 1 atom stereocenters. The molecule has 0 fully saturated rings. The van der Waals surface area contributed by atoms with Crippen molar-refractivity contribution in [1.82, 2.24) is 0 Å². The van der Waals surface area contributed by atoms with Crippen LogP contribution in [-0.4, -0.2) is 18.5 Å². The molecule has 1 aliphatic heterocycles. The summed E-state index contributed by atoms with van der Waals surface area (Å²) in [6.07, 6.45) is 0.783. The standard InChI is InChI=1S/C18H20O3/c1-13-4-3-5-14(8-13)10-18(2,11-19)15-6-7-16-17(9-15)21-12-20-16/h3-9,19H,10-12H2,1-2H3. The van der Waals surface area contributed by atoms with Crippen LogP contribution in [0.3, 0.4) is 0 Å². The number of aryl methyl sites for hydroxylation is 1. The number of fused-ring (bicyclic) bond motifs is 1. The maximum Gasteiger partial charge on any atom is 0.231 e. The summed E-state index contributed by atoms with van der Waals surface area (Å²) in [5, 5.41) is 9.95. The summed E-state index contributed by atoms with van der Waals surface area (Å²) < 4.78 is 10.8. The van der Waals surface area contributed by atoms with Crippen LogP contribution in [0.5, 0.6) is 11.5 Å². The van der Waals surface area contributed by atoms with Crippen molar-refractivity contribution in [3.05, 3.63) is 59.2 Å². The molecule has 0 radical (unpaired) electrons. The van der Waals surface area contributed by atoms with E-state index in [0.717, 1.165) is 23.5 Å². The predicted molar refractivity (Wildman–Crippen MR) is 81.9 cm³/mol. The fourth-order valence-electron chi connectivity index (χ4n) is 2.79. The van der Waals surface area contributed by atoms with Crippen molar-refractivity contribution in [3.63, 3.8) is 0 Å². The molecule has 0 bridgehead atoms. The zero-order valence-electron chi connectivity index (χ0n) is 12.4. The van der Waals surface area contributed by atoms with Crippen molar-refractivity contribution >= 4 is 0 Å². The molecule has 1 unspecified atom stereocenters. The quantitative estimate of drug-likeness (QED) is 0.937. The molecule has 0 saturated heterocycles. The molecule has 21 heavy (non-hydrogen) atoms. The topological polar surface area (TPSA) is 38.7 Å². The summed E-state index contributed by atoms with van der Waals surface area (Å²) in [6, 6.07) is 14.3.